The van der Waals surface area contributed by atoms with Crippen LogP contribution in [0.1, 0.15) is 85.8 Å². The van der Waals surface area contributed by atoms with Crippen molar-refractivity contribution < 1.29 is 37.6 Å². The van der Waals surface area contributed by atoms with Gasteiger partial charge in [0.15, 0.2) is 14.1 Å². The summed E-state index contributed by atoms with van der Waals surface area (Å²) in [6.45, 7) is 23.5. The molecule has 0 amide bonds. The van der Waals surface area contributed by atoms with Crippen LogP contribution in [0.25, 0.3) is 0 Å². The number of hydrogen-bond acceptors (Lipinski definition) is 8. The van der Waals surface area contributed by atoms with Crippen molar-refractivity contribution in [3.05, 3.63) is 77.9 Å². The van der Waals surface area contributed by atoms with Gasteiger partial charge in [-0.2, -0.15) is 0 Å². The zero-order valence-corrected chi connectivity index (χ0v) is 35.6. The molecule has 0 saturated carbocycles. The maximum absolute atomic E-state index is 6.94. The van der Waals surface area contributed by atoms with Crippen molar-refractivity contribution in [2.75, 3.05) is 27.6 Å². The summed E-state index contributed by atoms with van der Waals surface area (Å²) < 4.78 is 49.4. The van der Waals surface area contributed by atoms with Crippen LogP contribution in [-0.2, 0) is 46.1 Å². The molecule has 1 heterocycles. The van der Waals surface area contributed by atoms with Crippen LogP contribution in [0.2, 0.25) is 18.1 Å². The van der Waals surface area contributed by atoms with Crippen molar-refractivity contribution in [2.45, 2.75) is 142 Å². The maximum atomic E-state index is 6.94. The van der Waals surface area contributed by atoms with Crippen molar-refractivity contribution in [3.63, 3.8) is 0 Å². The molecule has 2 aromatic carbocycles. The van der Waals surface area contributed by atoms with Crippen molar-refractivity contribution in [3.8, 4) is 17.6 Å². The molecule has 0 unspecified atom stereocenters. The summed E-state index contributed by atoms with van der Waals surface area (Å²) in [4.78, 5) is 0. The molecule has 0 N–H and O–H groups in total. The second-order valence-electron chi connectivity index (χ2n) is 16.2. The van der Waals surface area contributed by atoms with E-state index in [0.717, 1.165) is 29.7 Å². The van der Waals surface area contributed by atoms with Gasteiger partial charge in [0.25, 0.3) is 0 Å². The lowest BCUT2D eigenvalue weighted by Gasteiger charge is -2.46. The third kappa shape index (κ3) is 14.9. The molecule has 1 fully saturated rings. The Morgan fingerprint density at radius 3 is 2.25 bits per heavy atom. The Hall–Kier alpha value is -2.52. The van der Waals surface area contributed by atoms with Crippen LogP contribution in [0.15, 0.2) is 66.7 Å². The van der Waals surface area contributed by atoms with E-state index in [2.05, 4.69) is 84.7 Å². The van der Waals surface area contributed by atoms with Crippen LogP contribution in [0.3, 0.4) is 0 Å². The predicted molar refractivity (Wildman–Crippen MR) is 215 cm³/mol. The minimum Gasteiger partial charge on any atom is -0.497 e. The van der Waals surface area contributed by atoms with Crippen LogP contribution in [-0.4, -0.2) is 72.2 Å². The van der Waals surface area contributed by atoms with E-state index in [-0.39, 0.29) is 54.2 Å². The molecule has 0 aliphatic carbocycles. The van der Waals surface area contributed by atoms with Crippen molar-refractivity contribution in [1.29, 1.82) is 0 Å². The average Bonchev–Trinajstić information content (AvgIpc) is 3.11. The highest BCUT2D eigenvalue weighted by atomic mass is 28.4. The zero-order valence-electron chi connectivity index (χ0n) is 34.6. The highest BCUT2D eigenvalue weighted by Crippen LogP contribution is 2.39. The number of benzene rings is 2. The van der Waals surface area contributed by atoms with Gasteiger partial charge in [-0.25, -0.2) is 0 Å². The highest BCUT2D eigenvalue weighted by molar-refractivity contribution is 6.74. The van der Waals surface area contributed by atoms with Gasteiger partial charge in [-0.1, -0.05) is 114 Å². The fourth-order valence-electron chi connectivity index (χ4n) is 6.13. The second-order valence-corrected chi connectivity index (χ2v) is 20.9. The second kappa shape index (κ2) is 21.5. The molecule has 53 heavy (non-hydrogen) atoms. The molecule has 1 aliphatic heterocycles. The zero-order chi connectivity index (χ0) is 39.1. The first-order valence-corrected chi connectivity index (χ1v) is 22.2. The molecular weight excluding hydrogens is 685 g/mol. The number of ether oxygens (including phenoxy) is 7. The molecule has 0 radical (unpaired) electrons. The monoisotopic (exact) mass is 752 g/mol. The standard InChI is InChI=1S/C44H68O8Si/c1-13-18-38(49-32-45-9)29-39(52-53(11,12)43(4,5)6)26-27-41-34(3)42(51-44(7,8)50-41)33(2)40(48-31-35-19-15-14-16-20-35)21-17-28-47-30-36-22-24-37(46-10)25-23-36/h14-17,19-25,33-34,38-42H,13,18,28-32H2,1-12H3/b21-17+/t33-,34-,38+,39-,40+,41+,42-/m1/s1. The summed E-state index contributed by atoms with van der Waals surface area (Å²) in [5.41, 5.74) is 2.20. The highest BCUT2D eigenvalue weighted by Gasteiger charge is 2.45. The van der Waals surface area contributed by atoms with E-state index in [9.17, 15) is 0 Å². The largest absolute Gasteiger partial charge is 0.497 e. The van der Waals surface area contributed by atoms with Crippen LogP contribution < -0.4 is 4.74 Å². The third-order valence-corrected chi connectivity index (χ3v) is 14.7. The Kier molecular flexibility index (Phi) is 18.2. The summed E-state index contributed by atoms with van der Waals surface area (Å²) >= 11 is 0. The molecule has 0 bridgehead atoms. The molecule has 9 heteroatoms. The summed E-state index contributed by atoms with van der Waals surface area (Å²) in [5, 5.41) is 0.0363. The number of hydrogen-bond donors (Lipinski definition) is 0. The third-order valence-electron chi connectivity index (χ3n) is 10.3. The quantitative estimate of drug-likeness (QED) is 0.0436. The van der Waals surface area contributed by atoms with Crippen LogP contribution in [0, 0.1) is 23.7 Å². The van der Waals surface area contributed by atoms with Gasteiger partial charge in [-0.05, 0) is 61.7 Å². The smallest absolute Gasteiger partial charge is 0.193 e. The Bertz CT molecular complexity index is 1410. The van der Waals surface area contributed by atoms with Crippen LogP contribution >= 0.6 is 0 Å². The van der Waals surface area contributed by atoms with Gasteiger partial charge in [0.2, 0.25) is 0 Å². The minimum atomic E-state index is -2.14. The average molecular weight is 753 g/mol. The van der Waals surface area contributed by atoms with E-state index in [1.165, 1.54) is 0 Å². The first-order valence-electron chi connectivity index (χ1n) is 19.3. The van der Waals surface area contributed by atoms with Gasteiger partial charge in [0.1, 0.15) is 24.8 Å². The molecule has 1 saturated heterocycles. The van der Waals surface area contributed by atoms with E-state index < -0.39 is 14.1 Å². The first-order chi connectivity index (χ1) is 25.1. The lowest BCUT2D eigenvalue weighted by Crippen LogP contribution is -2.53. The predicted octanol–water partition coefficient (Wildman–Crippen LogP) is 9.72. The van der Waals surface area contributed by atoms with Crippen molar-refractivity contribution in [2.24, 2.45) is 11.8 Å². The Labute approximate surface area is 322 Å². The molecule has 296 valence electrons. The molecule has 1 aliphatic rings. The Morgan fingerprint density at radius 2 is 1.62 bits per heavy atom. The Morgan fingerprint density at radius 1 is 0.943 bits per heavy atom. The molecule has 8 nitrogen and oxygen atoms in total. The summed E-state index contributed by atoms with van der Waals surface area (Å²) in [6, 6.07) is 18.2. The van der Waals surface area contributed by atoms with Crippen LogP contribution in [0.4, 0.5) is 0 Å². The molecule has 2 aromatic rings. The van der Waals surface area contributed by atoms with Crippen molar-refractivity contribution in [1.82, 2.24) is 0 Å². The van der Waals surface area contributed by atoms with Gasteiger partial charge < -0.3 is 37.6 Å². The lowest BCUT2D eigenvalue weighted by atomic mass is 9.84. The van der Waals surface area contributed by atoms with Crippen molar-refractivity contribution >= 4 is 8.32 Å². The normalized spacial score (nSPS) is 21.4. The molecule has 7 atom stereocenters. The topological polar surface area (TPSA) is 73.8 Å². The van der Waals surface area contributed by atoms with E-state index in [1.54, 1.807) is 14.2 Å². The molecule has 0 aromatic heterocycles. The minimum absolute atomic E-state index is 0.0178. The van der Waals surface area contributed by atoms with Gasteiger partial charge in [0, 0.05) is 25.4 Å². The van der Waals surface area contributed by atoms with E-state index in [1.807, 2.05) is 62.4 Å². The number of methoxy groups -OCH3 is 2. The van der Waals surface area contributed by atoms with E-state index in [0.29, 0.717) is 26.2 Å². The summed E-state index contributed by atoms with van der Waals surface area (Å²) in [6.07, 6.45) is 5.61. The summed E-state index contributed by atoms with van der Waals surface area (Å²) in [7, 11) is 1.18. The van der Waals surface area contributed by atoms with Crippen LogP contribution in [0.5, 0.6) is 5.75 Å². The Balaban J connectivity index is 1.83. The molecule has 3 rings (SSSR count). The SMILES string of the molecule is CCC[C@@H](C[C@@H](C#C[C@@H]1OC(C)(C)O[C@H]([C@H](C)[C@H](/C=C/COCc2ccc(OC)cc2)OCc2ccccc2)[C@@H]1C)O[Si](C)(C)C(C)(C)C)OCOC. The molecule has 0 spiro atoms. The van der Waals surface area contributed by atoms with Gasteiger partial charge >= 0.3 is 0 Å². The first kappa shape index (κ1) is 44.9. The number of rotatable bonds is 20. The fourth-order valence-corrected chi connectivity index (χ4v) is 7.35. The molecular formula is C44H68O8Si. The van der Waals surface area contributed by atoms with Gasteiger partial charge in [0.05, 0.1) is 45.2 Å². The fraction of sp³-hybridized carbons (Fsp3) is 0.636. The van der Waals surface area contributed by atoms with Gasteiger partial charge in [-0.3, -0.25) is 0 Å². The van der Waals surface area contributed by atoms with E-state index in [4.69, 9.17) is 37.6 Å². The summed E-state index contributed by atoms with van der Waals surface area (Å²) in [5.74, 6) is 7.01. The maximum Gasteiger partial charge on any atom is 0.193 e. The van der Waals surface area contributed by atoms with E-state index >= 15 is 0 Å². The van der Waals surface area contributed by atoms with Gasteiger partial charge in [-0.15, -0.1) is 0 Å². The lowest BCUT2D eigenvalue weighted by molar-refractivity contribution is -0.319.